The van der Waals surface area contributed by atoms with Crippen molar-refractivity contribution in [2.45, 2.75) is 33.7 Å². The van der Waals surface area contributed by atoms with Crippen molar-refractivity contribution in [3.05, 3.63) is 47.1 Å². The number of aromatic nitrogens is 4. The molecule has 0 radical (unpaired) electrons. The number of carbonyl (C=O) groups excluding carboxylic acids is 1. The van der Waals surface area contributed by atoms with Gasteiger partial charge in [0.1, 0.15) is 12.1 Å². The highest BCUT2D eigenvalue weighted by Gasteiger charge is 2.21. The molecule has 4 aromatic rings. The highest BCUT2D eigenvalue weighted by molar-refractivity contribution is 5.93. The Bertz CT molecular complexity index is 1100. The highest BCUT2D eigenvalue weighted by Crippen LogP contribution is 2.26. The molecule has 8 heteroatoms. The molecule has 0 fully saturated rings. The van der Waals surface area contributed by atoms with Crippen molar-refractivity contribution in [2.75, 3.05) is 0 Å². The summed E-state index contributed by atoms with van der Waals surface area (Å²) in [6.45, 7) is 7.49. The van der Waals surface area contributed by atoms with Gasteiger partial charge in [-0.3, -0.25) is 4.79 Å². The highest BCUT2D eigenvalue weighted by atomic mass is 16.3. The van der Waals surface area contributed by atoms with Crippen LogP contribution in [-0.2, 0) is 0 Å². The largest absolute Gasteiger partial charge is 0.459 e. The molecule has 0 spiro atoms. The molecule has 0 bridgehead atoms. The van der Waals surface area contributed by atoms with E-state index < -0.39 is 0 Å². The maximum Gasteiger partial charge on any atom is 0.287 e. The third-order valence-corrected chi connectivity index (χ3v) is 4.33. The lowest BCUT2D eigenvalue weighted by atomic mass is 10.2. The Balaban J connectivity index is 1.70. The number of rotatable bonds is 3. The summed E-state index contributed by atoms with van der Waals surface area (Å²) in [6, 6.07) is 1.36. The number of carbonyl (C=O) groups is 1. The van der Waals surface area contributed by atoms with Crippen LogP contribution in [0.5, 0.6) is 0 Å². The Labute approximate surface area is 142 Å². The number of hydrogen-bond donors (Lipinski definition) is 1. The second-order valence-electron chi connectivity index (χ2n) is 6.07. The Hall–Kier alpha value is -3.16. The molecule has 4 heterocycles. The van der Waals surface area contributed by atoms with Gasteiger partial charge in [-0.25, -0.2) is 14.5 Å². The molecule has 0 aliphatic carbocycles. The lowest BCUT2D eigenvalue weighted by Gasteiger charge is -2.09. The Kier molecular flexibility index (Phi) is 3.34. The number of nitrogens with zero attached hydrogens (tertiary/aromatic N) is 4. The second-order valence-corrected chi connectivity index (χ2v) is 6.07. The van der Waals surface area contributed by atoms with Gasteiger partial charge in [0.25, 0.3) is 5.91 Å². The van der Waals surface area contributed by atoms with E-state index in [0.29, 0.717) is 22.9 Å². The SMILES string of the molecule is Cc1ccoc1C(=O)N[C@@H](C)c1nc2c3c(C)c(C)oc3ncn2n1. The number of nitrogens with one attached hydrogen (secondary N) is 1. The van der Waals surface area contributed by atoms with Gasteiger partial charge in [-0.2, -0.15) is 0 Å². The Morgan fingerprint density at radius 2 is 2.12 bits per heavy atom. The van der Waals surface area contributed by atoms with Crippen molar-refractivity contribution in [2.24, 2.45) is 0 Å². The van der Waals surface area contributed by atoms with E-state index in [2.05, 4.69) is 20.4 Å². The minimum Gasteiger partial charge on any atom is -0.459 e. The average Bonchev–Trinajstić information content (AvgIpc) is 3.25. The maximum absolute atomic E-state index is 12.3. The summed E-state index contributed by atoms with van der Waals surface area (Å²) in [7, 11) is 0. The van der Waals surface area contributed by atoms with Crippen molar-refractivity contribution in [3.8, 4) is 0 Å². The molecule has 1 N–H and O–H groups in total. The van der Waals surface area contributed by atoms with Crippen LogP contribution in [0.4, 0.5) is 0 Å². The molecule has 0 saturated heterocycles. The monoisotopic (exact) mass is 339 g/mol. The van der Waals surface area contributed by atoms with Crippen molar-refractivity contribution in [3.63, 3.8) is 0 Å². The zero-order valence-electron chi connectivity index (χ0n) is 14.3. The fraction of sp³-hybridized carbons (Fsp3) is 0.294. The summed E-state index contributed by atoms with van der Waals surface area (Å²) in [4.78, 5) is 21.1. The van der Waals surface area contributed by atoms with Gasteiger partial charge in [0.05, 0.1) is 17.7 Å². The topological polar surface area (TPSA) is 98.5 Å². The molecule has 1 amide bonds. The van der Waals surface area contributed by atoms with Crippen LogP contribution in [0.15, 0.2) is 27.5 Å². The smallest absolute Gasteiger partial charge is 0.287 e. The standard InChI is InChI=1S/C17H17N5O3/c1-8-5-6-24-13(8)16(23)19-10(3)14-20-15-12-9(2)11(4)25-17(12)18-7-22(15)21-14/h5-7,10H,1-4H3,(H,19,23)/t10-/m0/s1. The third-order valence-electron chi connectivity index (χ3n) is 4.33. The lowest BCUT2D eigenvalue weighted by molar-refractivity contribution is 0.0909. The number of fused-ring (bicyclic) bond motifs is 3. The van der Waals surface area contributed by atoms with Crippen LogP contribution in [0.25, 0.3) is 16.7 Å². The van der Waals surface area contributed by atoms with E-state index in [9.17, 15) is 4.79 Å². The molecule has 0 saturated carbocycles. The molecule has 0 aliphatic rings. The maximum atomic E-state index is 12.3. The van der Waals surface area contributed by atoms with Gasteiger partial charge in [-0.15, -0.1) is 5.10 Å². The minimum absolute atomic E-state index is 0.293. The van der Waals surface area contributed by atoms with E-state index in [1.807, 2.05) is 27.7 Å². The lowest BCUT2D eigenvalue weighted by Crippen LogP contribution is -2.27. The zero-order chi connectivity index (χ0) is 17.7. The van der Waals surface area contributed by atoms with Gasteiger partial charge >= 0.3 is 0 Å². The molecule has 4 rings (SSSR count). The van der Waals surface area contributed by atoms with Crippen LogP contribution in [0.1, 0.15) is 46.2 Å². The van der Waals surface area contributed by atoms with E-state index in [1.54, 1.807) is 16.9 Å². The molecule has 0 aromatic carbocycles. The fourth-order valence-electron chi connectivity index (χ4n) is 2.78. The number of furan rings is 2. The quantitative estimate of drug-likeness (QED) is 0.616. The van der Waals surface area contributed by atoms with E-state index in [4.69, 9.17) is 8.83 Å². The molecule has 0 aliphatic heterocycles. The van der Waals surface area contributed by atoms with Gasteiger partial charge in [0, 0.05) is 11.1 Å². The molecule has 4 aromatic heterocycles. The average molecular weight is 339 g/mol. The molecular formula is C17H17N5O3. The van der Waals surface area contributed by atoms with E-state index >= 15 is 0 Å². The number of amides is 1. The zero-order valence-corrected chi connectivity index (χ0v) is 14.3. The van der Waals surface area contributed by atoms with Gasteiger partial charge in [0.2, 0.25) is 5.71 Å². The molecule has 128 valence electrons. The second kappa shape index (κ2) is 5.44. The summed E-state index contributed by atoms with van der Waals surface area (Å²) in [6.07, 6.45) is 3.05. The van der Waals surface area contributed by atoms with Gasteiger partial charge in [-0.1, -0.05) is 0 Å². The van der Waals surface area contributed by atoms with Crippen LogP contribution >= 0.6 is 0 Å². The van der Waals surface area contributed by atoms with Gasteiger partial charge < -0.3 is 14.2 Å². The van der Waals surface area contributed by atoms with E-state index in [0.717, 1.165) is 22.3 Å². The van der Waals surface area contributed by atoms with E-state index in [-0.39, 0.29) is 11.9 Å². The van der Waals surface area contributed by atoms with Crippen LogP contribution in [0.2, 0.25) is 0 Å². The fourth-order valence-corrected chi connectivity index (χ4v) is 2.78. The summed E-state index contributed by atoms with van der Waals surface area (Å²) in [5, 5.41) is 8.11. The minimum atomic E-state index is -0.389. The van der Waals surface area contributed by atoms with Crippen LogP contribution in [0.3, 0.4) is 0 Å². The predicted molar refractivity (Wildman–Crippen MR) is 89.4 cm³/mol. The summed E-state index contributed by atoms with van der Waals surface area (Å²) >= 11 is 0. The first kappa shape index (κ1) is 15.4. The summed E-state index contributed by atoms with van der Waals surface area (Å²) in [5.41, 5.74) is 2.95. The summed E-state index contributed by atoms with van der Waals surface area (Å²) in [5.74, 6) is 1.29. The van der Waals surface area contributed by atoms with Crippen molar-refractivity contribution < 1.29 is 13.6 Å². The number of aryl methyl sites for hydroxylation is 3. The number of hydrogen-bond acceptors (Lipinski definition) is 6. The van der Waals surface area contributed by atoms with Gasteiger partial charge in [-0.05, 0) is 33.8 Å². The Morgan fingerprint density at radius 1 is 1.32 bits per heavy atom. The van der Waals surface area contributed by atoms with Crippen LogP contribution < -0.4 is 5.32 Å². The predicted octanol–water partition coefficient (Wildman–Crippen LogP) is 2.88. The summed E-state index contributed by atoms with van der Waals surface area (Å²) < 4.78 is 12.4. The van der Waals surface area contributed by atoms with Crippen molar-refractivity contribution in [1.82, 2.24) is 24.9 Å². The van der Waals surface area contributed by atoms with E-state index in [1.165, 1.54) is 6.26 Å². The molecule has 1 atom stereocenters. The van der Waals surface area contributed by atoms with Crippen LogP contribution in [0, 0.1) is 20.8 Å². The van der Waals surface area contributed by atoms with Gasteiger partial charge in [0.15, 0.2) is 17.2 Å². The molecule has 0 unspecified atom stereocenters. The normalized spacial score (nSPS) is 12.8. The molecule has 25 heavy (non-hydrogen) atoms. The molecule has 8 nitrogen and oxygen atoms in total. The van der Waals surface area contributed by atoms with Crippen molar-refractivity contribution >= 4 is 22.7 Å². The molecular weight excluding hydrogens is 322 g/mol. The first-order chi connectivity index (χ1) is 12.0. The first-order valence-corrected chi connectivity index (χ1v) is 7.91. The van der Waals surface area contributed by atoms with Crippen LogP contribution in [-0.4, -0.2) is 25.5 Å². The van der Waals surface area contributed by atoms with Crippen molar-refractivity contribution in [1.29, 1.82) is 0 Å². The Morgan fingerprint density at radius 3 is 2.84 bits per heavy atom. The first-order valence-electron chi connectivity index (χ1n) is 7.91. The third kappa shape index (κ3) is 2.37.